The molecule has 4 aromatic rings. The largest absolute Gasteiger partial charge is 0.494 e. The first-order valence-corrected chi connectivity index (χ1v) is 13.7. The molecule has 206 valence electrons. The maximum atomic E-state index is 12.7. The molecule has 1 saturated heterocycles. The number of pyridine rings is 1. The molecule has 0 radical (unpaired) electrons. The number of thiocarbonyl (C=S) groups is 1. The van der Waals surface area contributed by atoms with E-state index in [2.05, 4.69) is 75.5 Å². The molecule has 0 unspecified atom stereocenters. The van der Waals surface area contributed by atoms with Gasteiger partial charge in [0.1, 0.15) is 11.8 Å². The molecule has 0 spiro atoms. The van der Waals surface area contributed by atoms with Crippen molar-refractivity contribution in [3.8, 4) is 11.4 Å². The van der Waals surface area contributed by atoms with Gasteiger partial charge in [0.05, 0.1) is 24.5 Å². The zero-order valence-electron chi connectivity index (χ0n) is 23.7. The Morgan fingerprint density at radius 3 is 2.45 bits per heavy atom. The molecule has 2 N–H and O–H groups in total. The van der Waals surface area contributed by atoms with Crippen LogP contribution in [0.3, 0.4) is 0 Å². The standard InChI is InChI=1S/C32H35N5O2S/c1-20-12-13-22(18-21(20)2)36-17-9-11-26(36)29-28(25-10-7-8-16-33-25)35-31(40)37(29)23-14-15-24(27(19-23)39-6)34-30(38)32(3,4)5/h7-19,28-29H,1-6H3,(H,34,38)(H,35,40)/t28-,29+/m1/s1. The highest BCUT2D eigenvalue weighted by atomic mass is 32.1. The first kappa shape index (κ1) is 27.4. The molecule has 2 atom stereocenters. The smallest absolute Gasteiger partial charge is 0.229 e. The number of methoxy groups -OCH3 is 1. The number of anilines is 2. The average Bonchev–Trinajstić information content (AvgIpc) is 3.54. The third-order valence-corrected chi connectivity index (χ3v) is 7.66. The lowest BCUT2D eigenvalue weighted by molar-refractivity contribution is -0.123. The molecule has 1 aliphatic rings. The van der Waals surface area contributed by atoms with Gasteiger partial charge < -0.3 is 24.8 Å². The number of carbonyl (C=O) groups excluding carboxylic acids is 1. The molecule has 40 heavy (non-hydrogen) atoms. The molecule has 8 heteroatoms. The van der Waals surface area contributed by atoms with E-state index in [9.17, 15) is 4.79 Å². The van der Waals surface area contributed by atoms with Gasteiger partial charge in [-0.25, -0.2) is 0 Å². The van der Waals surface area contributed by atoms with Crippen LogP contribution in [0.4, 0.5) is 11.4 Å². The zero-order chi connectivity index (χ0) is 28.6. The number of hydrogen-bond donors (Lipinski definition) is 2. The molecule has 0 aliphatic carbocycles. The van der Waals surface area contributed by atoms with Crippen molar-refractivity contribution in [2.75, 3.05) is 17.3 Å². The first-order chi connectivity index (χ1) is 19.1. The lowest BCUT2D eigenvalue weighted by Gasteiger charge is -2.29. The minimum absolute atomic E-state index is 0.0868. The van der Waals surface area contributed by atoms with Crippen LogP contribution >= 0.6 is 12.2 Å². The fourth-order valence-corrected chi connectivity index (χ4v) is 5.27. The van der Waals surface area contributed by atoms with Crippen molar-refractivity contribution in [2.24, 2.45) is 5.41 Å². The summed E-state index contributed by atoms with van der Waals surface area (Å²) in [4.78, 5) is 19.5. The second kappa shape index (κ2) is 10.8. The Labute approximate surface area is 241 Å². The summed E-state index contributed by atoms with van der Waals surface area (Å²) in [6, 6.07) is 22.0. The van der Waals surface area contributed by atoms with E-state index in [1.807, 2.05) is 57.2 Å². The van der Waals surface area contributed by atoms with Gasteiger partial charge in [0, 0.05) is 40.9 Å². The van der Waals surface area contributed by atoms with Crippen molar-refractivity contribution in [1.82, 2.24) is 14.9 Å². The summed E-state index contributed by atoms with van der Waals surface area (Å²) in [6.45, 7) is 9.89. The molecular formula is C32H35N5O2S. The van der Waals surface area contributed by atoms with Crippen LogP contribution in [0.1, 0.15) is 55.4 Å². The van der Waals surface area contributed by atoms with Gasteiger partial charge in [-0.2, -0.15) is 0 Å². The number of amides is 1. The van der Waals surface area contributed by atoms with E-state index >= 15 is 0 Å². The van der Waals surface area contributed by atoms with Gasteiger partial charge in [-0.05, 0) is 85.7 Å². The van der Waals surface area contributed by atoms with Crippen molar-refractivity contribution >= 4 is 34.6 Å². The predicted molar refractivity (Wildman–Crippen MR) is 164 cm³/mol. The number of carbonyl (C=O) groups is 1. The van der Waals surface area contributed by atoms with Gasteiger partial charge in [-0.3, -0.25) is 9.78 Å². The van der Waals surface area contributed by atoms with Gasteiger partial charge >= 0.3 is 0 Å². The van der Waals surface area contributed by atoms with Crippen molar-refractivity contribution in [3.05, 3.63) is 102 Å². The number of aromatic nitrogens is 2. The van der Waals surface area contributed by atoms with Crippen LogP contribution in [0.5, 0.6) is 5.75 Å². The highest BCUT2D eigenvalue weighted by molar-refractivity contribution is 7.80. The van der Waals surface area contributed by atoms with Crippen LogP contribution in [0.25, 0.3) is 5.69 Å². The molecule has 2 aromatic carbocycles. The van der Waals surface area contributed by atoms with Crippen molar-refractivity contribution in [2.45, 2.75) is 46.7 Å². The van der Waals surface area contributed by atoms with Crippen molar-refractivity contribution < 1.29 is 9.53 Å². The molecule has 1 fully saturated rings. The third-order valence-electron chi connectivity index (χ3n) is 7.34. The van der Waals surface area contributed by atoms with Crippen LogP contribution in [0.15, 0.2) is 79.1 Å². The maximum Gasteiger partial charge on any atom is 0.229 e. The van der Waals surface area contributed by atoms with E-state index in [4.69, 9.17) is 17.0 Å². The number of benzene rings is 2. The van der Waals surface area contributed by atoms with Crippen LogP contribution in [-0.4, -0.2) is 27.7 Å². The molecule has 0 saturated carbocycles. The van der Waals surface area contributed by atoms with Crippen LogP contribution in [-0.2, 0) is 4.79 Å². The van der Waals surface area contributed by atoms with Gasteiger partial charge in [0.15, 0.2) is 5.11 Å². The Morgan fingerprint density at radius 1 is 1.00 bits per heavy atom. The number of hydrogen-bond acceptors (Lipinski definition) is 4. The van der Waals surface area contributed by atoms with E-state index in [1.54, 1.807) is 13.3 Å². The summed E-state index contributed by atoms with van der Waals surface area (Å²) in [6.07, 6.45) is 3.89. The zero-order valence-corrected chi connectivity index (χ0v) is 24.5. The van der Waals surface area contributed by atoms with E-state index < -0.39 is 5.41 Å². The summed E-state index contributed by atoms with van der Waals surface area (Å²) >= 11 is 5.95. The van der Waals surface area contributed by atoms with E-state index in [-0.39, 0.29) is 18.0 Å². The Hall–Kier alpha value is -4.17. The van der Waals surface area contributed by atoms with Gasteiger partial charge in [-0.15, -0.1) is 0 Å². The Morgan fingerprint density at radius 2 is 1.77 bits per heavy atom. The monoisotopic (exact) mass is 553 g/mol. The Kier molecular flexibility index (Phi) is 7.38. The summed E-state index contributed by atoms with van der Waals surface area (Å²) in [7, 11) is 1.60. The first-order valence-electron chi connectivity index (χ1n) is 13.3. The fraction of sp³-hybridized carbons (Fsp3) is 0.281. The lowest BCUT2D eigenvalue weighted by atomic mass is 9.95. The number of rotatable bonds is 6. The molecule has 1 amide bonds. The summed E-state index contributed by atoms with van der Waals surface area (Å²) in [5.74, 6) is 0.471. The summed E-state index contributed by atoms with van der Waals surface area (Å²) < 4.78 is 7.94. The molecule has 0 bridgehead atoms. The van der Waals surface area contributed by atoms with Crippen LogP contribution < -0.4 is 20.3 Å². The van der Waals surface area contributed by atoms with E-state index in [0.29, 0.717) is 16.5 Å². The minimum Gasteiger partial charge on any atom is -0.494 e. The topological polar surface area (TPSA) is 71.4 Å². The minimum atomic E-state index is -0.537. The lowest BCUT2D eigenvalue weighted by Crippen LogP contribution is -2.30. The van der Waals surface area contributed by atoms with Gasteiger partial charge in [0.2, 0.25) is 5.91 Å². The van der Waals surface area contributed by atoms with Crippen molar-refractivity contribution in [3.63, 3.8) is 0 Å². The highest BCUT2D eigenvalue weighted by Gasteiger charge is 2.42. The van der Waals surface area contributed by atoms with Gasteiger partial charge in [0.25, 0.3) is 0 Å². The number of aryl methyl sites for hydroxylation is 2. The summed E-state index contributed by atoms with van der Waals surface area (Å²) in [5.41, 5.74) is 6.44. The number of nitrogens with zero attached hydrogens (tertiary/aromatic N) is 3. The molecule has 2 aromatic heterocycles. The van der Waals surface area contributed by atoms with Crippen LogP contribution in [0, 0.1) is 19.3 Å². The maximum absolute atomic E-state index is 12.7. The molecular weight excluding hydrogens is 518 g/mol. The molecule has 5 rings (SSSR count). The second-order valence-electron chi connectivity index (χ2n) is 11.2. The van der Waals surface area contributed by atoms with Crippen molar-refractivity contribution in [1.29, 1.82) is 0 Å². The molecule has 1 aliphatic heterocycles. The SMILES string of the molecule is COc1cc(N2C(=S)N[C@H](c3ccccn3)[C@@H]2c2cccn2-c2ccc(C)c(C)c2)ccc1NC(=O)C(C)(C)C. The Bertz CT molecular complexity index is 1560. The molecule has 3 heterocycles. The number of ether oxygens (including phenoxy) is 1. The van der Waals surface area contributed by atoms with E-state index in [1.165, 1.54) is 11.1 Å². The highest BCUT2D eigenvalue weighted by Crippen LogP contribution is 2.44. The normalized spacial score (nSPS) is 17.1. The fourth-order valence-electron chi connectivity index (χ4n) is 4.92. The van der Waals surface area contributed by atoms with E-state index in [0.717, 1.165) is 22.8 Å². The summed E-state index contributed by atoms with van der Waals surface area (Å²) in [5, 5.41) is 7.12. The third kappa shape index (κ3) is 5.19. The van der Waals surface area contributed by atoms with Gasteiger partial charge in [-0.1, -0.05) is 32.9 Å². The Balaban J connectivity index is 1.61. The quantitative estimate of drug-likeness (QED) is 0.260. The second-order valence-corrected chi connectivity index (χ2v) is 11.5. The average molecular weight is 554 g/mol. The van der Waals surface area contributed by atoms with Crippen LogP contribution in [0.2, 0.25) is 0 Å². The predicted octanol–water partition coefficient (Wildman–Crippen LogP) is 6.66. The number of nitrogens with one attached hydrogen (secondary N) is 2. The molecule has 7 nitrogen and oxygen atoms in total.